The number of nitrogens with one attached hydrogen (secondary N) is 2. The third kappa shape index (κ3) is 6.34. The van der Waals surface area contributed by atoms with Crippen molar-refractivity contribution in [2.75, 3.05) is 0 Å². The van der Waals surface area contributed by atoms with Crippen molar-refractivity contribution in [1.29, 1.82) is 0 Å². The van der Waals surface area contributed by atoms with Gasteiger partial charge < -0.3 is 10.1 Å². The van der Waals surface area contributed by atoms with E-state index in [-0.39, 0.29) is 22.1 Å². The van der Waals surface area contributed by atoms with Gasteiger partial charge in [-0.2, -0.15) is 4.72 Å². The Hall–Kier alpha value is -1.90. The zero-order valence-corrected chi connectivity index (χ0v) is 17.6. The van der Waals surface area contributed by atoms with Crippen LogP contribution < -0.4 is 14.8 Å². The molecule has 2 aromatic rings. The van der Waals surface area contributed by atoms with Crippen LogP contribution in [-0.2, 0) is 21.4 Å². The van der Waals surface area contributed by atoms with Crippen LogP contribution in [0, 0.1) is 5.92 Å². The molecule has 1 heterocycles. The van der Waals surface area contributed by atoms with E-state index in [2.05, 4.69) is 10.0 Å². The summed E-state index contributed by atoms with van der Waals surface area (Å²) in [5.41, 5.74) is 0.906. The second-order valence-corrected chi connectivity index (χ2v) is 9.69. The summed E-state index contributed by atoms with van der Waals surface area (Å²) in [4.78, 5) is 12.6. The van der Waals surface area contributed by atoms with Crippen molar-refractivity contribution in [2.45, 2.75) is 50.6 Å². The molecule has 2 N–H and O–H groups in total. The molecule has 1 aromatic carbocycles. The Morgan fingerprint density at radius 2 is 1.78 bits per heavy atom. The zero-order valence-electron chi connectivity index (χ0n) is 15.9. The molecule has 1 aromatic heterocycles. The van der Waals surface area contributed by atoms with Gasteiger partial charge in [0.15, 0.2) is 0 Å². The van der Waals surface area contributed by atoms with E-state index in [0.29, 0.717) is 6.54 Å². The second kappa shape index (κ2) is 9.34. The van der Waals surface area contributed by atoms with Gasteiger partial charge in [0.1, 0.15) is 16.0 Å². The van der Waals surface area contributed by atoms with E-state index in [1.165, 1.54) is 6.07 Å². The highest BCUT2D eigenvalue weighted by molar-refractivity contribution is 7.91. The number of sulfonamides is 1. The van der Waals surface area contributed by atoms with Crippen LogP contribution in [0.2, 0.25) is 0 Å². The number of benzene rings is 1. The maximum Gasteiger partial charge on any atom is 0.250 e. The minimum Gasteiger partial charge on any atom is -0.491 e. The number of thiophene rings is 1. The Morgan fingerprint density at radius 3 is 2.30 bits per heavy atom. The molecule has 1 atom stereocenters. The van der Waals surface area contributed by atoms with Crippen LogP contribution in [0.25, 0.3) is 0 Å². The minimum atomic E-state index is -3.72. The molecule has 27 heavy (non-hydrogen) atoms. The Labute approximate surface area is 165 Å². The normalized spacial score (nSPS) is 13.0. The van der Waals surface area contributed by atoms with Gasteiger partial charge in [-0.3, -0.25) is 4.79 Å². The fourth-order valence-corrected chi connectivity index (χ4v) is 4.74. The summed E-state index contributed by atoms with van der Waals surface area (Å²) in [5, 5.41) is 4.49. The number of hydrogen-bond donors (Lipinski definition) is 2. The van der Waals surface area contributed by atoms with E-state index in [1.807, 2.05) is 38.1 Å². The lowest BCUT2D eigenvalue weighted by atomic mass is 10.0. The number of rotatable bonds is 9. The first-order valence-electron chi connectivity index (χ1n) is 8.78. The summed E-state index contributed by atoms with van der Waals surface area (Å²) >= 11 is 1.12. The molecular weight excluding hydrogens is 384 g/mol. The summed E-state index contributed by atoms with van der Waals surface area (Å²) in [6, 6.07) is 9.78. The molecule has 0 unspecified atom stereocenters. The van der Waals surface area contributed by atoms with Crippen molar-refractivity contribution in [3.8, 4) is 5.75 Å². The van der Waals surface area contributed by atoms with Crippen LogP contribution in [0.4, 0.5) is 0 Å². The molecule has 2 rings (SSSR count). The molecule has 8 heteroatoms. The largest absolute Gasteiger partial charge is 0.491 e. The fourth-order valence-electron chi connectivity index (χ4n) is 2.39. The number of carbonyl (C=O) groups excluding carboxylic acids is 1. The van der Waals surface area contributed by atoms with E-state index < -0.39 is 16.1 Å². The maximum atomic E-state index is 12.6. The summed E-state index contributed by atoms with van der Waals surface area (Å²) < 4.78 is 33.1. The molecular formula is C19H26N2O4S2. The zero-order chi connectivity index (χ0) is 20.0. The molecule has 0 saturated heterocycles. The lowest BCUT2D eigenvalue weighted by molar-refractivity contribution is -0.123. The minimum absolute atomic E-state index is 0.0960. The Kier molecular flexibility index (Phi) is 7.41. The number of hydrogen-bond acceptors (Lipinski definition) is 5. The lowest BCUT2D eigenvalue weighted by Crippen LogP contribution is -2.49. The molecule has 0 radical (unpaired) electrons. The van der Waals surface area contributed by atoms with E-state index in [9.17, 15) is 13.2 Å². The summed E-state index contributed by atoms with van der Waals surface area (Å²) in [5.74, 6) is 0.220. The maximum absolute atomic E-state index is 12.6. The van der Waals surface area contributed by atoms with E-state index in [0.717, 1.165) is 22.6 Å². The van der Waals surface area contributed by atoms with Crippen molar-refractivity contribution in [3.05, 3.63) is 47.3 Å². The molecule has 148 valence electrons. The molecule has 0 spiro atoms. The first-order valence-corrected chi connectivity index (χ1v) is 11.1. The molecule has 6 nitrogen and oxygen atoms in total. The third-order valence-electron chi connectivity index (χ3n) is 3.75. The topological polar surface area (TPSA) is 84.5 Å². The van der Waals surface area contributed by atoms with Crippen molar-refractivity contribution < 1.29 is 17.9 Å². The average molecular weight is 411 g/mol. The van der Waals surface area contributed by atoms with Crippen LogP contribution >= 0.6 is 11.3 Å². The van der Waals surface area contributed by atoms with Crippen LogP contribution in [0.15, 0.2) is 46.0 Å². The van der Waals surface area contributed by atoms with Gasteiger partial charge in [0.25, 0.3) is 10.0 Å². The molecule has 1 amide bonds. The van der Waals surface area contributed by atoms with Gasteiger partial charge in [0.05, 0.1) is 6.10 Å². The number of carbonyl (C=O) groups is 1. The molecule has 0 bridgehead atoms. The van der Waals surface area contributed by atoms with Crippen molar-refractivity contribution in [3.63, 3.8) is 0 Å². The monoisotopic (exact) mass is 410 g/mol. The van der Waals surface area contributed by atoms with E-state index >= 15 is 0 Å². The van der Waals surface area contributed by atoms with Crippen LogP contribution in [0.5, 0.6) is 5.75 Å². The molecule has 0 aliphatic heterocycles. The van der Waals surface area contributed by atoms with Crippen molar-refractivity contribution >= 4 is 27.3 Å². The number of ether oxygens (including phenoxy) is 1. The van der Waals surface area contributed by atoms with Gasteiger partial charge in [-0.05, 0) is 48.9 Å². The Morgan fingerprint density at radius 1 is 1.11 bits per heavy atom. The van der Waals surface area contributed by atoms with Gasteiger partial charge in [0, 0.05) is 6.54 Å². The second-order valence-electron chi connectivity index (χ2n) is 6.80. The fraction of sp³-hybridized carbons (Fsp3) is 0.421. The number of amides is 1. The van der Waals surface area contributed by atoms with Crippen molar-refractivity contribution in [2.24, 2.45) is 5.92 Å². The Balaban J connectivity index is 1.99. The van der Waals surface area contributed by atoms with Crippen LogP contribution in [0.1, 0.15) is 33.3 Å². The molecule has 0 fully saturated rings. The highest BCUT2D eigenvalue weighted by Crippen LogP contribution is 2.18. The summed E-state index contributed by atoms with van der Waals surface area (Å²) in [7, 11) is -3.72. The molecule has 0 aliphatic carbocycles. The molecule has 0 aliphatic rings. The smallest absolute Gasteiger partial charge is 0.250 e. The quantitative estimate of drug-likeness (QED) is 0.665. The SMILES string of the molecule is CC(C)Oc1ccc(CNC(=O)[C@@H](NS(=O)(=O)c2cccs2)C(C)C)cc1. The van der Waals surface area contributed by atoms with Crippen LogP contribution in [0.3, 0.4) is 0 Å². The third-order valence-corrected chi connectivity index (χ3v) is 6.59. The van der Waals surface area contributed by atoms with Gasteiger partial charge in [-0.1, -0.05) is 32.0 Å². The standard InChI is InChI=1S/C19H26N2O4S2/c1-13(2)18(21-27(23,24)17-6-5-11-26-17)19(22)20-12-15-7-9-16(10-8-15)25-14(3)4/h5-11,13-14,18,21H,12H2,1-4H3,(H,20,22)/t18-/m0/s1. The summed E-state index contributed by atoms with van der Waals surface area (Å²) in [6.07, 6.45) is 0.0960. The predicted octanol–water partition coefficient (Wildman–Crippen LogP) is 3.15. The summed E-state index contributed by atoms with van der Waals surface area (Å²) in [6.45, 7) is 7.83. The first-order chi connectivity index (χ1) is 12.7. The average Bonchev–Trinajstić information content (AvgIpc) is 3.14. The first kappa shape index (κ1) is 21.4. The van der Waals surface area contributed by atoms with Gasteiger partial charge in [-0.25, -0.2) is 8.42 Å². The highest BCUT2D eigenvalue weighted by atomic mass is 32.2. The Bertz CT molecular complexity index is 829. The van der Waals surface area contributed by atoms with E-state index in [1.54, 1.807) is 25.3 Å². The molecule has 0 saturated carbocycles. The van der Waals surface area contributed by atoms with Crippen molar-refractivity contribution in [1.82, 2.24) is 10.0 Å². The van der Waals surface area contributed by atoms with Gasteiger partial charge >= 0.3 is 0 Å². The van der Waals surface area contributed by atoms with Gasteiger partial charge in [0.2, 0.25) is 5.91 Å². The van der Waals surface area contributed by atoms with Gasteiger partial charge in [-0.15, -0.1) is 11.3 Å². The lowest BCUT2D eigenvalue weighted by Gasteiger charge is -2.21. The van der Waals surface area contributed by atoms with Crippen LogP contribution in [-0.4, -0.2) is 26.5 Å². The van der Waals surface area contributed by atoms with E-state index in [4.69, 9.17) is 4.74 Å². The highest BCUT2D eigenvalue weighted by Gasteiger charge is 2.28. The predicted molar refractivity (Wildman–Crippen MR) is 107 cm³/mol.